The van der Waals surface area contributed by atoms with Crippen LogP contribution in [0.4, 0.5) is 0 Å². The lowest BCUT2D eigenvalue weighted by atomic mass is 9.88. The molecule has 0 unspecified atom stereocenters. The molecule has 17 heavy (non-hydrogen) atoms. The van der Waals surface area contributed by atoms with Crippen LogP contribution in [0.5, 0.6) is 0 Å². The highest BCUT2D eigenvalue weighted by Gasteiger charge is 2.39. The van der Waals surface area contributed by atoms with E-state index in [4.69, 9.17) is 10.5 Å². The number of allylic oxidation sites excluding steroid dienone is 1. The summed E-state index contributed by atoms with van der Waals surface area (Å²) in [5.41, 5.74) is 5.53. The molecule has 0 aromatic rings. The van der Waals surface area contributed by atoms with E-state index in [0.717, 1.165) is 25.9 Å². The second-order valence-corrected chi connectivity index (χ2v) is 5.13. The van der Waals surface area contributed by atoms with Gasteiger partial charge in [0.25, 0.3) is 0 Å². The molecule has 0 atom stereocenters. The van der Waals surface area contributed by atoms with Crippen LogP contribution in [0.15, 0.2) is 12.7 Å². The molecule has 2 saturated heterocycles. The van der Waals surface area contributed by atoms with Gasteiger partial charge in [0.05, 0.1) is 5.54 Å². The SMILES string of the molecule is C=CC1CCN(C(=O)C2(N)CCOCC2)CC1. The Kier molecular flexibility index (Phi) is 3.84. The molecule has 2 rings (SSSR count). The van der Waals surface area contributed by atoms with Gasteiger partial charge in [-0.05, 0) is 31.6 Å². The lowest BCUT2D eigenvalue weighted by molar-refractivity contribution is -0.141. The topological polar surface area (TPSA) is 55.6 Å². The van der Waals surface area contributed by atoms with Gasteiger partial charge in [-0.1, -0.05) is 6.08 Å². The summed E-state index contributed by atoms with van der Waals surface area (Å²) in [6.07, 6.45) is 5.32. The van der Waals surface area contributed by atoms with E-state index in [2.05, 4.69) is 6.58 Å². The molecule has 2 heterocycles. The lowest BCUT2D eigenvalue weighted by Crippen LogP contribution is -2.59. The maximum absolute atomic E-state index is 12.4. The highest BCUT2D eigenvalue weighted by atomic mass is 16.5. The molecule has 0 saturated carbocycles. The summed E-state index contributed by atoms with van der Waals surface area (Å²) >= 11 is 0. The Morgan fingerprint density at radius 3 is 2.47 bits per heavy atom. The predicted molar refractivity (Wildman–Crippen MR) is 66.5 cm³/mol. The third kappa shape index (κ3) is 2.69. The van der Waals surface area contributed by atoms with Crippen molar-refractivity contribution in [3.63, 3.8) is 0 Å². The zero-order valence-corrected chi connectivity index (χ0v) is 10.4. The fourth-order valence-electron chi connectivity index (χ4n) is 2.60. The van der Waals surface area contributed by atoms with E-state index in [1.54, 1.807) is 0 Å². The number of carbonyl (C=O) groups excluding carboxylic acids is 1. The van der Waals surface area contributed by atoms with Crippen LogP contribution in [0.1, 0.15) is 25.7 Å². The van der Waals surface area contributed by atoms with Crippen LogP contribution in [-0.4, -0.2) is 42.6 Å². The molecule has 2 aliphatic rings. The number of rotatable bonds is 2. The lowest BCUT2D eigenvalue weighted by Gasteiger charge is -2.39. The Balaban J connectivity index is 1.93. The van der Waals surface area contributed by atoms with Gasteiger partial charge in [-0.25, -0.2) is 0 Å². The summed E-state index contributed by atoms with van der Waals surface area (Å²) in [6.45, 7) is 6.65. The van der Waals surface area contributed by atoms with E-state index in [0.29, 0.717) is 32.0 Å². The van der Waals surface area contributed by atoms with Crippen molar-refractivity contribution >= 4 is 5.91 Å². The van der Waals surface area contributed by atoms with E-state index < -0.39 is 5.54 Å². The van der Waals surface area contributed by atoms with Gasteiger partial charge in [0, 0.05) is 26.3 Å². The molecule has 1 amide bonds. The normalized spacial score (nSPS) is 25.6. The standard InChI is InChI=1S/C13H22N2O2/c1-2-11-3-7-15(8-4-11)12(16)13(14)5-9-17-10-6-13/h2,11H,1,3-10,14H2. The summed E-state index contributed by atoms with van der Waals surface area (Å²) < 4.78 is 5.27. The van der Waals surface area contributed by atoms with Crippen molar-refractivity contribution < 1.29 is 9.53 Å². The highest BCUT2D eigenvalue weighted by Crippen LogP contribution is 2.24. The highest BCUT2D eigenvalue weighted by molar-refractivity contribution is 5.86. The smallest absolute Gasteiger partial charge is 0.242 e. The Hall–Kier alpha value is -0.870. The molecule has 0 bridgehead atoms. The zero-order chi connectivity index (χ0) is 12.3. The van der Waals surface area contributed by atoms with E-state index in [1.165, 1.54) is 0 Å². The van der Waals surface area contributed by atoms with Crippen LogP contribution in [0.25, 0.3) is 0 Å². The average Bonchev–Trinajstić information content (AvgIpc) is 2.39. The number of nitrogens with two attached hydrogens (primary N) is 1. The summed E-state index contributed by atoms with van der Waals surface area (Å²) in [4.78, 5) is 14.3. The first-order chi connectivity index (χ1) is 8.15. The number of amides is 1. The van der Waals surface area contributed by atoms with Crippen molar-refractivity contribution in [3.8, 4) is 0 Å². The summed E-state index contributed by atoms with van der Waals surface area (Å²) in [6, 6.07) is 0. The van der Waals surface area contributed by atoms with Crippen molar-refractivity contribution in [2.75, 3.05) is 26.3 Å². The van der Waals surface area contributed by atoms with Crippen molar-refractivity contribution in [2.24, 2.45) is 11.7 Å². The monoisotopic (exact) mass is 238 g/mol. The summed E-state index contributed by atoms with van der Waals surface area (Å²) in [7, 11) is 0. The predicted octanol–water partition coefficient (Wildman–Crippen LogP) is 0.919. The third-order valence-electron chi connectivity index (χ3n) is 3.97. The molecule has 0 aromatic carbocycles. The Bertz CT molecular complexity index is 290. The van der Waals surface area contributed by atoms with E-state index in [9.17, 15) is 4.79 Å². The number of carbonyl (C=O) groups is 1. The average molecular weight is 238 g/mol. The molecule has 0 aliphatic carbocycles. The Morgan fingerprint density at radius 1 is 1.35 bits per heavy atom. The summed E-state index contributed by atoms with van der Waals surface area (Å²) in [5, 5.41) is 0. The van der Waals surface area contributed by atoms with Crippen molar-refractivity contribution in [2.45, 2.75) is 31.2 Å². The molecule has 0 aromatic heterocycles. The van der Waals surface area contributed by atoms with Crippen LogP contribution < -0.4 is 5.73 Å². The van der Waals surface area contributed by atoms with Crippen LogP contribution in [-0.2, 0) is 9.53 Å². The quantitative estimate of drug-likeness (QED) is 0.728. The molecular formula is C13H22N2O2. The van der Waals surface area contributed by atoms with Gasteiger partial charge in [0.15, 0.2) is 0 Å². The maximum Gasteiger partial charge on any atom is 0.242 e. The molecule has 0 spiro atoms. The van der Waals surface area contributed by atoms with E-state index in [1.807, 2.05) is 11.0 Å². The van der Waals surface area contributed by atoms with Crippen LogP contribution >= 0.6 is 0 Å². The molecule has 2 fully saturated rings. The Labute approximate surface area is 103 Å². The van der Waals surface area contributed by atoms with Crippen LogP contribution in [0.3, 0.4) is 0 Å². The first-order valence-electron chi connectivity index (χ1n) is 6.44. The molecule has 96 valence electrons. The number of piperidine rings is 1. The maximum atomic E-state index is 12.4. The summed E-state index contributed by atoms with van der Waals surface area (Å²) in [5.74, 6) is 0.672. The number of hydrogen-bond acceptors (Lipinski definition) is 3. The second kappa shape index (κ2) is 5.19. The van der Waals surface area contributed by atoms with Crippen molar-refractivity contribution in [1.82, 2.24) is 4.90 Å². The minimum Gasteiger partial charge on any atom is -0.381 e. The second-order valence-electron chi connectivity index (χ2n) is 5.13. The molecular weight excluding hydrogens is 216 g/mol. The van der Waals surface area contributed by atoms with Gasteiger partial charge >= 0.3 is 0 Å². The number of hydrogen-bond donors (Lipinski definition) is 1. The number of likely N-dealkylation sites (tertiary alicyclic amines) is 1. The van der Waals surface area contributed by atoms with Crippen molar-refractivity contribution in [3.05, 3.63) is 12.7 Å². The van der Waals surface area contributed by atoms with E-state index >= 15 is 0 Å². The van der Waals surface area contributed by atoms with Gasteiger partial charge in [0.2, 0.25) is 5.91 Å². The van der Waals surface area contributed by atoms with Gasteiger partial charge in [0.1, 0.15) is 0 Å². The van der Waals surface area contributed by atoms with Crippen LogP contribution in [0.2, 0.25) is 0 Å². The number of nitrogens with zero attached hydrogens (tertiary/aromatic N) is 1. The first-order valence-corrected chi connectivity index (χ1v) is 6.44. The molecule has 2 N–H and O–H groups in total. The molecule has 2 aliphatic heterocycles. The van der Waals surface area contributed by atoms with Gasteiger partial charge < -0.3 is 15.4 Å². The molecule has 4 heteroatoms. The Morgan fingerprint density at radius 2 is 1.94 bits per heavy atom. The minimum atomic E-state index is -0.681. The largest absolute Gasteiger partial charge is 0.381 e. The fourth-order valence-corrected chi connectivity index (χ4v) is 2.60. The number of ether oxygens (including phenoxy) is 1. The van der Waals surface area contributed by atoms with Gasteiger partial charge in [-0.3, -0.25) is 4.79 Å². The first kappa shape index (κ1) is 12.6. The fraction of sp³-hybridized carbons (Fsp3) is 0.769. The third-order valence-corrected chi connectivity index (χ3v) is 3.97. The molecule has 4 nitrogen and oxygen atoms in total. The van der Waals surface area contributed by atoms with Gasteiger partial charge in [-0.2, -0.15) is 0 Å². The van der Waals surface area contributed by atoms with Gasteiger partial charge in [-0.15, -0.1) is 6.58 Å². The van der Waals surface area contributed by atoms with Crippen LogP contribution in [0, 0.1) is 5.92 Å². The zero-order valence-electron chi connectivity index (χ0n) is 10.4. The minimum absolute atomic E-state index is 0.114. The van der Waals surface area contributed by atoms with E-state index in [-0.39, 0.29) is 5.91 Å². The van der Waals surface area contributed by atoms with Crippen molar-refractivity contribution in [1.29, 1.82) is 0 Å². The molecule has 0 radical (unpaired) electrons.